The van der Waals surface area contributed by atoms with Crippen LogP contribution in [0, 0.1) is 0 Å². The molecule has 1 fully saturated rings. The first-order chi connectivity index (χ1) is 12.6. The Hall–Kier alpha value is -2.87. The molecule has 0 unspecified atom stereocenters. The zero-order valence-electron chi connectivity index (χ0n) is 14.7. The van der Waals surface area contributed by atoms with Gasteiger partial charge in [-0.3, -0.25) is 19.7 Å². The Balaban J connectivity index is 1.86. The molecule has 26 heavy (non-hydrogen) atoms. The number of imide groups is 1. The van der Waals surface area contributed by atoms with Crippen LogP contribution in [0.3, 0.4) is 0 Å². The number of carbonyl (C=O) groups is 3. The normalized spacial score (nSPS) is 15.3. The first-order valence-electron chi connectivity index (χ1n) is 8.47. The summed E-state index contributed by atoms with van der Waals surface area (Å²) in [5, 5.41) is 11.0. The predicted molar refractivity (Wildman–Crippen MR) is 94.2 cm³/mol. The van der Waals surface area contributed by atoms with Crippen LogP contribution in [0.5, 0.6) is 5.75 Å². The van der Waals surface area contributed by atoms with E-state index < -0.39 is 11.9 Å². The van der Waals surface area contributed by atoms with Gasteiger partial charge in [0.15, 0.2) is 0 Å². The largest absolute Gasteiger partial charge is 0.496 e. The van der Waals surface area contributed by atoms with Crippen LogP contribution < -0.4 is 15.5 Å². The Kier molecular flexibility index (Phi) is 7.16. The highest BCUT2D eigenvalue weighted by Crippen LogP contribution is 2.22. The lowest BCUT2D eigenvalue weighted by molar-refractivity contribution is -0.129. The number of methoxy groups -OCH3 is 1. The molecule has 1 heterocycles. The van der Waals surface area contributed by atoms with Gasteiger partial charge in [-0.25, -0.2) is 10.3 Å². The van der Waals surface area contributed by atoms with Crippen LogP contribution in [0.25, 0.3) is 6.08 Å². The minimum atomic E-state index is -0.434. The molecule has 0 bridgehead atoms. The van der Waals surface area contributed by atoms with Crippen molar-refractivity contribution in [3.8, 4) is 5.75 Å². The Morgan fingerprint density at radius 2 is 1.96 bits per heavy atom. The number of urea groups is 1. The average Bonchev–Trinajstić information content (AvgIpc) is 2.91. The van der Waals surface area contributed by atoms with Crippen molar-refractivity contribution in [2.24, 2.45) is 0 Å². The molecule has 0 aliphatic carbocycles. The van der Waals surface area contributed by atoms with Gasteiger partial charge in [0, 0.05) is 18.5 Å². The van der Waals surface area contributed by atoms with Crippen LogP contribution in [0.1, 0.15) is 37.7 Å². The fourth-order valence-electron chi connectivity index (χ4n) is 2.68. The molecule has 4 amide bonds. The number of nitrogens with one attached hydrogen (secondary N) is 2. The molecule has 0 saturated carbocycles. The number of hydrogen-bond acceptors (Lipinski definition) is 5. The van der Waals surface area contributed by atoms with Gasteiger partial charge in [-0.05, 0) is 25.0 Å². The van der Waals surface area contributed by atoms with Crippen molar-refractivity contribution >= 4 is 23.9 Å². The summed E-state index contributed by atoms with van der Waals surface area (Å²) in [6, 6.07) is 6.80. The monoisotopic (exact) mass is 361 g/mol. The van der Waals surface area contributed by atoms with Crippen LogP contribution in [-0.2, 0) is 9.59 Å². The summed E-state index contributed by atoms with van der Waals surface area (Å²) in [7, 11) is 1.54. The molecule has 1 aliphatic rings. The van der Waals surface area contributed by atoms with E-state index in [0.717, 1.165) is 12.8 Å². The summed E-state index contributed by atoms with van der Waals surface area (Å²) in [5.41, 5.74) is 2.52. The highest BCUT2D eigenvalue weighted by Gasteiger charge is 2.33. The van der Waals surface area contributed by atoms with Crippen LogP contribution in [-0.4, -0.2) is 41.6 Å². The van der Waals surface area contributed by atoms with E-state index >= 15 is 0 Å². The number of ether oxygens (including phenoxy) is 1. The topological polar surface area (TPSA) is 108 Å². The van der Waals surface area contributed by atoms with Gasteiger partial charge in [0.05, 0.1) is 7.11 Å². The number of benzene rings is 1. The minimum Gasteiger partial charge on any atom is -0.496 e. The molecule has 0 spiro atoms. The fourth-order valence-corrected chi connectivity index (χ4v) is 2.68. The summed E-state index contributed by atoms with van der Waals surface area (Å²) in [4.78, 5) is 36.5. The molecule has 1 aliphatic heterocycles. The molecule has 8 heteroatoms. The summed E-state index contributed by atoms with van der Waals surface area (Å²) in [6.45, 7) is 0.320. The van der Waals surface area contributed by atoms with Crippen molar-refractivity contribution in [1.29, 1.82) is 0 Å². The van der Waals surface area contributed by atoms with Crippen molar-refractivity contribution in [3.63, 3.8) is 0 Å². The number of unbranched alkanes of at least 4 members (excludes halogenated alkanes) is 3. The molecule has 2 rings (SSSR count). The Morgan fingerprint density at radius 3 is 2.69 bits per heavy atom. The summed E-state index contributed by atoms with van der Waals surface area (Å²) in [6.07, 6.45) is 4.72. The lowest BCUT2D eigenvalue weighted by Crippen LogP contribution is -2.31. The van der Waals surface area contributed by atoms with E-state index in [1.54, 1.807) is 30.8 Å². The van der Waals surface area contributed by atoms with Crippen LogP contribution >= 0.6 is 0 Å². The second kappa shape index (κ2) is 9.57. The minimum absolute atomic E-state index is 0.221. The van der Waals surface area contributed by atoms with Crippen molar-refractivity contribution in [3.05, 3.63) is 35.5 Å². The smallest absolute Gasteiger partial charge is 0.329 e. The summed E-state index contributed by atoms with van der Waals surface area (Å²) >= 11 is 0. The number of hydroxylamine groups is 1. The average molecular weight is 361 g/mol. The third kappa shape index (κ3) is 5.06. The maximum absolute atomic E-state index is 12.4. The molecule has 1 saturated heterocycles. The van der Waals surface area contributed by atoms with E-state index in [1.165, 1.54) is 4.90 Å². The maximum Gasteiger partial charge on any atom is 0.329 e. The van der Waals surface area contributed by atoms with Gasteiger partial charge in [0.25, 0.3) is 5.91 Å². The zero-order valence-corrected chi connectivity index (χ0v) is 14.7. The Bertz CT molecular complexity index is 702. The van der Waals surface area contributed by atoms with Crippen molar-refractivity contribution < 1.29 is 24.3 Å². The Morgan fingerprint density at radius 1 is 1.23 bits per heavy atom. The zero-order chi connectivity index (χ0) is 18.9. The highest BCUT2D eigenvalue weighted by molar-refractivity contribution is 6.14. The van der Waals surface area contributed by atoms with Crippen LogP contribution in [0.2, 0.25) is 0 Å². The standard InChI is InChI=1S/C18H23N3O5/c1-26-15-9-6-5-8-13(15)12-14-17(23)21(18(24)19-14)11-7-3-2-4-10-16(22)20-25/h5-6,8-9,12,25H,2-4,7,10-11H2,1H3,(H,19,24)(H,20,22). The second-order valence-electron chi connectivity index (χ2n) is 5.89. The van der Waals surface area contributed by atoms with E-state index in [0.29, 0.717) is 30.7 Å². The second-order valence-corrected chi connectivity index (χ2v) is 5.89. The van der Waals surface area contributed by atoms with E-state index in [9.17, 15) is 14.4 Å². The first-order valence-corrected chi connectivity index (χ1v) is 8.47. The highest BCUT2D eigenvalue weighted by atomic mass is 16.5. The van der Waals surface area contributed by atoms with Gasteiger partial charge in [-0.15, -0.1) is 0 Å². The molecule has 1 aromatic rings. The van der Waals surface area contributed by atoms with Crippen LogP contribution in [0.4, 0.5) is 4.79 Å². The van der Waals surface area contributed by atoms with Crippen LogP contribution in [0.15, 0.2) is 30.0 Å². The molecule has 0 radical (unpaired) electrons. The predicted octanol–water partition coefficient (Wildman–Crippen LogP) is 2.04. The quantitative estimate of drug-likeness (QED) is 0.205. The number of hydrogen-bond donors (Lipinski definition) is 3. The third-order valence-corrected chi connectivity index (χ3v) is 4.06. The Labute approximate surface area is 151 Å². The molecule has 1 aromatic carbocycles. The van der Waals surface area contributed by atoms with Gasteiger partial charge in [-0.1, -0.05) is 31.0 Å². The van der Waals surface area contributed by atoms with Gasteiger partial charge >= 0.3 is 6.03 Å². The van der Waals surface area contributed by atoms with Gasteiger partial charge in [0.1, 0.15) is 11.4 Å². The molecule has 8 nitrogen and oxygen atoms in total. The summed E-state index contributed by atoms with van der Waals surface area (Å²) in [5.74, 6) is -0.154. The lowest BCUT2D eigenvalue weighted by atomic mass is 10.1. The first kappa shape index (κ1) is 19.5. The summed E-state index contributed by atoms with van der Waals surface area (Å²) < 4.78 is 5.25. The van der Waals surface area contributed by atoms with Gasteiger partial charge in [-0.2, -0.15) is 0 Å². The lowest BCUT2D eigenvalue weighted by Gasteiger charge is -2.11. The van der Waals surface area contributed by atoms with Crippen molar-refractivity contribution in [1.82, 2.24) is 15.7 Å². The van der Waals surface area contributed by atoms with E-state index in [4.69, 9.17) is 9.94 Å². The van der Waals surface area contributed by atoms with E-state index in [2.05, 4.69) is 5.32 Å². The SMILES string of the molecule is COc1ccccc1C=C1NC(=O)N(CCCCCCC(=O)NO)C1=O. The van der Waals surface area contributed by atoms with Gasteiger partial charge < -0.3 is 10.1 Å². The fraction of sp³-hybridized carbons (Fsp3) is 0.389. The molecular formula is C18H23N3O5. The van der Waals surface area contributed by atoms with Crippen molar-refractivity contribution in [2.75, 3.05) is 13.7 Å². The third-order valence-electron chi connectivity index (χ3n) is 4.06. The number of carbonyl (C=O) groups excluding carboxylic acids is 3. The number of rotatable bonds is 9. The number of nitrogens with zero attached hydrogens (tertiary/aromatic N) is 1. The molecule has 0 atom stereocenters. The van der Waals surface area contributed by atoms with E-state index in [-0.39, 0.29) is 18.0 Å². The van der Waals surface area contributed by atoms with E-state index in [1.807, 2.05) is 12.1 Å². The molecular weight excluding hydrogens is 338 g/mol. The molecule has 3 N–H and O–H groups in total. The maximum atomic E-state index is 12.4. The number of amides is 4. The van der Waals surface area contributed by atoms with Gasteiger partial charge in [0.2, 0.25) is 5.91 Å². The van der Waals surface area contributed by atoms with Crippen molar-refractivity contribution in [2.45, 2.75) is 32.1 Å². The molecule has 140 valence electrons. The molecule has 0 aromatic heterocycles. The number of para-hydroxylation sites is 1.